The molecular formula is C16H18ClFN4OS. The Morgan fingerprint density at radius 3 is 2.92 bits per heavy atom. The third-order valence-electron chi connectivity index (χ3n) is 4.29. The molecule has 1 aromatic carbocycles. The number of amides is 1. The molecule has 1 aliphatic heterocycles. The fraction of sp³-hybridized carbons (Fsp3) is 0.438. The van der Waals surface area contributed by atoms with E-state index in [1.807, 2.05) is 6.07 Å². The Morgan fingerprint density at radius 2 is 2.29 bits per heavy atom. The summed E-state index contributed by atoms with van der Waals surface area (Å²) < 4.78 is 17.6. The smallest absolute Gasteiger partial charge is 0.273 e. The van der Waals surface area contributed by atoms with Crippen LogP contribution in [0, 0.1) is 5.82 Å². The fourth-order valence-electron chi connectivity index (χ4n) is 3.17. The van der Waals surface area contributed by atoms with E-state index >= 15 is 0 Å². The second-order valence-electron chi connectivity index (χ2n) is 6.11. The van der Waals surface area contributed by atoms with Crippen molar-refractivity contribution in [1.29, 1.82) is 0 Å². The summed E-state index contributed by atoms with van der Waals surface area (Å²) in [5.74, 6) is -0.697. The summed E-state index contributed by atoms with van der Waals surface area (Å²) in [5.41, 5.74) is 1.12. The second-order valence-corrected chi connectivity index (χ2v) is 7.13. The zero-order chi connectivity index (χ0) is 17.3. The van der Waals surface area contributed by atoms with Crippen LogP contribution in [0.2, 0.25) is 5.02 Å². The van der Waals surface area contributed by atoms with E-state index in [4.69, 9.17) is 11.6 Å². The highest BCUT2D eigenvalue weighted by molar-refractivity contribution is 7.03. The predicted molar refractivity (Wildman–Crippen MR) is 91.8 cm³/mol. The summed E-state index contributed by atoms with van der Waals surface area (Å²) in [5, 5.41) is 8.53. The van der Waals surface area contributed by atoms with Crippen molar-refractivity contribution >= 4 is 29.0 Å². The Kier molecular flexibility index (Phi) is 5.12. The molecule has 2 heterocycles. The molecule has 24 heavy (non-hydrogen) atoms. The quantitative estimate of drug-likeness (QED) is 0.899. The molecule has 1 N–H and O–H groups in total. The van der Waals surface area contributed by atoms with Gasteiger partial charge in [-0.15, -0.1) is 5.10 Å². The van der Waals surface area contributed by atoms with Crippen molar-refractivity contribution in [3.63, 3.8) is 0 Å². The molecule has 0 aliphatic carbocycles. The van der Waals surface area contributed by atoms with E-state index in [9.17, 15) is 9.18 Å². The summed E-state index contributed by atoms with van der Waals surface area (Å²) in [4.78, 5) is 14.6. The lowest BCUT2D eigenvalue weighted by atomic mass is 9.99. The lowest BCUT2D eigenvalue weighted by molar-refractivity contribution is 0.0914. The molecule has 0 bridgehead atoms. The standard InChI is InChI=1S/C16H18ClFN4OS/c1-9(2)22-6-5-13(19-16(23)14-8-24-21-20-14)15(22)10-3-4-11(17)12(18)7-10/h3-4,7-9,13,15H,5-6H2,1-2H3,(H,19,23). The van der Waals surface area contributed by atoms with E-state index in [1.54, 1.807) is 11.4 Å². The van der Waals surface area contributed by atoms with E-state index in [1.165, 1.54) is 6.07 Å². The van der Waals surface area contributed by atoms with Crippen LogP contribution in [0.4, 0.5) is 4.39 Å². The van der Waals surface area contributed by atoms with E-state index in [0.29, 0.717) is 5.69 Å². The molecular weight excluding hydrogens is 351 g/mol. The lowest BCUT2D eigenvalue weighted by Crippen LogP contribution is -2.41. The first-order valence-electron chi connectivity index (χ1n) is 7.76. The number of likely N-dealkylation sites (tertiary alicyclic amines) is 1. The number of carbonyl (C=O) groups excluding carboxylic acids is 1. The third kappa shape index (κ3) is 3.43. The maximum atomic E-state index is 13.9. The molecule has 2 unspecified atom stereocenters. The van der Waals surface area contributed by atoms with E-state index in [2.05, 4.69) is 33.7 Å². The van der Waals surface area contributed by atoms with Crippen LogP contribution < -0.4 is 5.32 Å². The molecule has 3 rings (SSSR count). The number of halogens is 2. The Hall–Kier alpha value is -1.57. The van der Waals surface area contributed by atoms with Crippen molar-refractivity contribution < 1.29 is 9.18 Å². The zero-order valence-corrected chi connectivity index (χ0v) is 14.9. The van der Waals surface area contributed by atoms with Crippen molar-refractivity contribution in [2.75, 3.05) is 6.54 Å². The van der Waals surface area contributed by atoms with Crippen molar-refractivity contribution in [3.8, 4) is 0 Å². The summed E-state index contributed by atoms with van der Waals surface area (Å²) in [6.45, 7) is 5.01. The van der Waals surface area contributed by atoms with Crippen molar-refractivity contribution in [2.45, 2.75) is 38.4 Å². The van der Waals surface area contributed by atoms with Crippen LogP contribution in [0.25, 0.3) is 0 Å². The topological polar surface area (TPSA) is 58.1 Å². The minimum Gasteiger partial charge on any atom is -0.346 e. The number of rotatable bonds is 4. The van der Waals surface area contributed by atoms with Crippen LogP contribution in [0.15, 0.2) is 23.6 Å². The van der Waals surface area contributed by atoms with Gasteiger partial charge in [-0.1, -0.05) is 22.2 Å². The van der Waals surface area contributed by atoms with E-state index < -0.39 is 5.82 Å². The van der Waals surface area contributed by atoms with Crippen LogP contribution in [0.5, 0.6) is 0 Å². The molecule has 1 amide bonds. The first-order valence-corrected chi connectivity index (χ1v) is 8.97. The number of aromatic nitrogens is 2. The van der Waals surface area contributed by atoms with Gasteiger partial charge in [0.1, 0.15) is 5.82 Å². The molecule has 0 saturated carbocycles. The van der Waals surface area contributed by atoms with Crippen LogP contribution >= 0.6 is 23.1 Å². The Morgan fingerprint density at radius 1 is 1.50 bits per heavy atom. The SMILES string of the molecule is CC(C)N1CCC(NC(=O)c2csnn2)C1c1ccc(Cl)c(F)c1. The third-order valence-corrected chi connectivity index (χ3v) is 5.11. The summed E-state index contributed by atoms with van der Waals surface area (Å²) >= 11 is 6.94. The minimum atomic E-state index is -0.446. The van der Waals surface area contributed by atoms with Gasteiger partial charge in [0.2, 0.25) is 0 Å². The van der Waals surface area contributed by atoms with Crippen LogP contribution in [-0.2, 0) is 0 Å². The van der Waals surface area contributed by atoms with Gasteiger partial charge in [0.15, 0.2) is 5.69 Å². The van der Waals surface area contributed by atoms with Gasteiger partial charge in [0.25, 0.3) is 5.91 Å². The molecule has 2 atom stereocenters. The van der Waals surface area contributed by atoms with Crippen molar-refractivity contribution in [1.82, 2.24) is 19.8 Å². The average molecular weight is 369 g/mol. The van der Waals surface area contributed by atoms with Crippen molar-refractivity contribution in [2.24, 2.45) is 0 Å². The zero-order valence-electron chi connectivity index (χ0n) is 13.4. The molecule has 8 heteroatoms. The van der Waals surface area contributed by atoms with Crippen LogP contribution in [-0.4, -0.2) is 39.0 Å². The maximum Gasteiger partial charge on any atom is 0.273 e. The van der Waals surface area contributed by atoms with E-state index in [-0.39, 0.29) is 29.1 Å². The van der Waals surface area contributed by atoms with Gasteiger partial charge in [0.05, 0.1) is 17.1 Å². The first kappa shape index (κ1) is 17.3. The van der Waals surface area contributed by atoms with Gasteiger partial charge in [-0.05, 0) is 49.5 Å². The molecule has 1 fully saturated rings. The number of benzene rings is 1. The number of nitrogens with zero attached hydrogens (tertiary/aromatic N) is 3. The summed E-state index contributed by atoms with van der Waals surface area (Å²) in [6.07, 6.45) is 0.788. The predicted octanol–water partition coefficient (Wildman–Crippen LogP) is 3.28. The van der Waals surface area contributed by atoms with Gasteiger partial charge < -0.3 is 5.32 Å². The highest BCUT2D eigenvalue weighted by Crippen LogP contribution is 2.35. The van der Waals surface area contributed by atoms with Gasteiger partial charge in [-0.25, -0.2) is 4.39 Å². The molecule has 128 valence electrons. The normalized spacial score (nSPS) is 21.4. The van der Waals surface area contributed by atoms with E-state index in [0.717, 1.165) is 30.1 Å². The molecule has 1 aromatic heterocycles. The maximum absolute atomic E-state index is 13.9. The highest BCUT2D eigenvalue weighted by Gasteiger charge is 2.38. The van der Waals surface area contributed by atoms with Gasteiger partial charge in [0, 0.05) is 18.0 Å². The van der Waals surface area contributed by atoms with Crippen molar-refractivity contribution in [3.05, 3.63) is 45.7 Å². The molecule has 5 nitrogen and oxygen atoms in total. The van der Waals surface area contributed by atoms with Gasteiger partial charge in [-0.2, -0.15) is 0 Å². The summed E-state index contributed by atoms with van der Waals surface area (Å²) in [6, 6.07) is 4.88. The molecule has 0 radical (unpaired) electrons. The lowest BCUT2D eigenvalue weighted by Gasteiger charge is -2.32. The monoisotopic (exact) mass is 368 g/mol. The molecule has 2 aromatic rings. The summed E-state index contributed by atoms with van der Waals surface area (Å²) in [7, 11) is 0. The molecule has 1 saturated heterocycles. The number of carbonyl (C=O) groups is 1. The van der Waals surface area contributed by atoms with Crippen LogP contribution in [0.3, 0.4) is 0 Å². The number of nitrogens with one attached hydrogen (secondary N) is 1. The Bertz CT molecular complexity index is 725. The Balaban J connectivity index is 1.87. The van der Waals surface area contributed by atoms with Gasteiger partial charge >= 0.3 is 0 Å². The second kappa shape index (κ2) is 7.13. The van der Waals surface area contributed by atoms with Crippen LogP contribution in [0.1, 0.15) is 42.4 Å². The molecule has 0 spiro atoms. The van der Waals surface area contributed by atoms with Gasteiger partial charge in [-0.3, -0.25) is 9.69 Å². The fourth-order valence-corrected chi connectivity index (χ4v) is 3.73. The highest BCUT2D eigenvalue weighted by atomic mass is 35.5. The number of hydrogen-bond acceptors (Lipinski definition) is 5. The Labute approximate surface area is 149 Å². The largest absolute Gasteiger partial charge is 0.346 e. The minimum absolute atomic E-state index is 0.0991. The first-order chi connectivity index (χ1) is 11.5. The average Bonchev–Trinajstić information content (AvgIpc) is 3.19. The molecule has 1 aliphatic rings. The number of hydrogen-bond donors (Lipinski definition) is 1.